The Labute approximate surface area is 220 Å². The van der Waals surface area contributed by atoms with E-state index in [0.29, 0.717) is 5.92 Å². The molecule has 7 unspecified atom stereocenters. The zero-order chi connectivity index (χ0) is 25.5. The molecule has 0 aliphatic heterocycles. The lowest BCUT2D eigenvalue weighted by Crippen LogP contribution is -2.44. The maximum Gasteiger partial charge on any atom is 0.112 e. The van der Waals surface area contributed by atoms with Gasteiger partial charge < -0.3 is 15.3 Å². The first-order valence-electron chi connectivity index (χ1n) is 14.0. The van der Waals surface area contributed by atoms with Gasteiger partial charge in [0, 0.05) is 11.8 Å². The van der Waals surface area contributed by atoms with Crippen LogP contribution in [-0.2, 0) is 0 Å². The topological polar surface area (TPSA) is 60.7 Å². The van der Waals surface area contributed by atoms with Crippen molar-refractivity contribution in [2.45, 2.75) is 63.1 Å². The Bertz CT molecular complexity index is 1170. The zero-order valence-electron chi connectivity index (χ0n) is 21.6. The molecule has 5 aliphatic rings. The molecule has 192 valence electrons. The van der Waals surface area contributed by atoms with Crippen molar-refractivity contribution in [3.63, 3.8) is 0 Å². The number of rotatable bonds is 4. The van der Waals surface area contributed by atoms with E-state index in [1.807, 2.05) is 6.08 Å². The van der Waals surface area contributed by atoms with Crippen molar-refractivity contribution >= 4 is 0 Å². The lowest BCUT2D eigenvalue weighted by molar-refractivity contribution is 0.00488. The minimum atomic E-state index is -0.624. The van der Waals surface area contributed by atoms with Crippen molar-refractivity contribution in [1.82, 2.24) is 0 Å². The van der Waals surface area contributed by atoms with Gasteiger partial charge in [-0.15, -0.1) is 0 Å². The van der Waals surface area contributed by atoms with Gasteiger partial charge in [0.1, 0.15) is 5.76 Å². The van der Waals surface area contributed by atoms with Gasteiger partial charge in [0.25, 0.3) is 0 Å². The molecule has 0 amide bonds. The molecule has 8 atom stereocenters. The van der Waals surface area contributed by atoms with Gasteiger partial charge in [0.2, 0.25) is 0 Å². The Kier molecular flexibility index (Phi) is 6.69. The summed E-state index contributed by atoms with van der Waals surface area (Å²) in [5.74, 6) is 0.508. The summed E-state index contributed by atoms with van der Waals surface area (Å²) < 4.78 is 0. The summed E-state index contributed by atoms with van der Waals surface area (Å²) in [6, 6.07) is 9.07. The highest BCUT2D eigenvalue weighted by Gasteiger charge is 2.45. The fraction of sp³-hybridized carbons (Fsp3) is 0.412. The number of allylic oxidation sites excluding steroid dienone is 9. The van der Waals surface area contributed by atoms with Crippen molar-refractivity contribution in [2.75, 3.05) is 0 Å². The molecule has 0 heterocycles. The van der Waals surface area contributed by atoms with Crippen LogP contribution in [-0.4, -0.2) is 27.5 Å². The molecule has 0 bridgehead atoms. The van der Waals surface area contributed by atoms with Crippen LogP contribution in [0, 0.1) is 23.7 Å². The summed E-state index contributed by atoms with van der Waals surface area (Å²) in [5, 5.41) is 33.7. The number of fused-ring (bicyclic) bond motifs is 2. The quantitative estimate of drug-likeness (QED) is 0.396. The Morgan fingerprint density at radius 2 is 1.41 bits per heavy atom. The van der Waals surface area contributed by atoms with E-state index in [9.17, 15) is 15.3 Å². The highest BCUT2D eigenvalue weighted by molar-refractivity contribution is 5.42. The molecule has 3 N–H and O–H groups in total. The molecule has 0 saturated carbocycles. The summed E-state index contributed by atoms with van der Waals surface area (Å²) in [7, 11) is 0. The first kappa shape index (κ1) is 24.5. The number of aliphatic hydroxyl groups is 3. The van der Waals surface area contributed by atoms with E-state index in [1.165, 1.54) is 28.7 Å². The average Bonchev–Trinajstić information content (AvgIpc) is 2.93. The molecule has 3 heteroatoms. The van der Waals surface area contributed by atoms with Crippen LogP contribution in [0.1, 0.15) is 62.0 Å². The third-order valence-corrected chi connectivity index (χ3v) is 9.40. The Morgan fingerprint density at radius 1 is 0.757 bits per heavy atom. The lowest BCUT2D eigenvalue weighted by Gasteiger charge is -2.45. The third-order valence-electron chi connectivity index (χ3n) is 9.40. The van der Waals surface area contributed by atoms with Crippen LogP contribution in [0.5, 0.6) is 0 Å². The number of aliphatic hydroxyl groups excluding tert-OH is 3. The normalized spacial score (nSPS) is 35.5. The smallest absolute Gasteiger partial charge is 0.112 e. The van der Waals surface area contributed by atoms with Crippen molar-refractivity contribution < 1.29 is 15.3 Å². The Balaban J connectivity index is 1.37. The molecular formula is C34H38O3. The Hall–Kier alpha value is -2.88. The third kappa shape index (κ3) is 4.64. The molecule has 6 rings (SSSR count). The van der Waals surface area contributed by atoms with E-state index in [2.05, 4.69) is 73.7 Å². The van der Waals surface area contributed by atoms with E-state index in [-0.39, 0.29) is 35.3 Å². The lowest BCUT2D eigenvalue weighted by atomic mass is 9.61. The molecule has 1 aromatic carbocycles. The number of benzene rings is 1. The molecule has 5 aliphatic carbocycles. The highest BCUT2D eigenvalue weighted by atomic mass is 16.3. The second kappa shape index (κ2) is 10.1. The van der Waals surface area contributed by atoms with Crippen LogP contribution in [0.4, 0.5) is 0 Å². The summed E-state index contributed by atoms with van der Waals surface area (Å²) in [6.45, 7) is 2.09. The Morgan fingerprint density at radius 3 is 2.05 bits per heavy atom. The van der Waals surface area contributed by atoms with Gasteiger partial charge in [-0.05, 0) is 97.1 Å². The average molecular weight is 495 g/mol. The van der Waals surface area contributed by atoms with Gasteiger partial charge in [-0.2, -0.15) is 0 Å². The van der Waals surface area contributed by atoms with Crippen LogP contribution in [0.3, 0.4) is 0 Å². The molecule has 0 fully saturated rings. The van der Waals surface area contributed by atoms with Crippen molar-refractivity contribution in [3.05, 3.63) is 119 Å². The molecule has 3 nitrogen and oxygen atoms in total. The summed E-state index contributed by atoms with van der Waals surface area (Å²) in [5.41, 5.74) is 6.03. The number of hydrogen-bond donors (Lipinski definition) is 3. The molecular weight excluding hydrogens is 456 g/mol. The second-order valence-corrected chi connectivity index (χ2v) is 11.6. The van der Waals surface area contributed by atoms with Gasteiger partial charge in [-0.25, -0.2) is 0 Å². The van der Waals surface area contributed by atoms with Gasteiger partial charge in [-0.3, -0.25) is 0 Å². The molecule has 37 heavy (non-hydrogen) atoms. The van der Waals surface area contributed by atoms with Crippen LogP contribution < -0.4 is 0 Å². The maximum atomic E-state index is 11.8. The first-order valence-corrected chi connectivity index (χ1v) is 14.0. The van der Waals surface area contributed by atoms with Crippen LogP contribution in [0.15, 0.2) is 108 Å². The van der Waals surface area contributed by atoms with E-state index >= 15 is 0 Å². The largest absolute Gasteiger partial charge is 0.508 e. The standard InChI is InChI=1S/C34H38O3/c1-21-7-8-24-14-17-28(33(36)30(24)19-21)32(26-11-9-23(10-12-26)22-5-3-2-4-6-22)29-18-15-25-13-16-27(35)20-31(25)34(29)37/h2-3,7-16,19-20,22,28-37H,4-6,17-18H2,1H3/t22?,28?,29?,30-,31?,32?,33?,34?/m0/s1. The molecule has 0 aromatic heterocycles. The van der Waals surface area contributed by atoms with Crippen LogP contribution >= 0.6 is 0 Å². The minimum Gasteiger partial charge on any atom is -0.508 e. The van der Waals surface area contributed by atoms with Gasteiger partial charge in [-0.1, -0.05) is 78.4 Å². The monoisotopic (exact) mass is 494 g/mol. The highest BCUT2D eigenvalue weighted by Crippen LogP contribution is 2.49. The minimum absolute atomic E-state index is 0.000858. The summed E-state index contributed by atoms with van der Waals surface area (Å²) in [4.78, 5) is 0. The van der Waals surface area contributed by atoms with E-state index in [4.69, 9.17) is 0 Å². The number of hydrogen-bond acceptors (Lipinski definition) is 3. The van der Waals surface area contributed by atoms with Crippen LogP contribution in [0.2, 0.25) is 0 Å². The van der Waals surface area contributed by atoms with Crippen molar-refractivity contribution in [2.24, 2.45) is 23.7 Å². The molecule has 0 saturated heterocycles. The van der Waals surface area contributed by atoms with Gasteiger partial charge >= 0.3 is 0 Å². The summed E-state index contributed by atoms with van der Waals surface area (Å²) >= 11 is 0. The zero-order valence-corrected chi connectivity index (χ0v) is 21.6. The summed E-state index contributed by atoms with van der Waals surface area (Å²) in [6.07, 6.45) is 24.8. The van der Waals surface area contributed by atoms with E-state index in [0.717, 1.165) is 31.3 Å². The molecule has 1 aromatic rings. The predicted octanol–water partition coefficient (Wildman–Crippen LogP) is 6.97. The van der Waals surface area contributed by atoms with Crippen molar-refractivity contribution in [3.8, 4) is 0 Å². The fourth-order valence-corrected chi connectivity index (χ4v) is 7.37. The van der Waals surface area contributed by atoms with Crippen LogP contribution in [0.25, 0.3) is 0 Å². The van der Waals surface area contributed by atoms with E-state index < -0.39 is 12.2 Å². The first-order chi connectivity index (χ1) is 18.0. The van der Waals surface area contributed by atoms with Gasteiger partial charge in [0.15, 0.2) is 0 Å². The molecule has 0 spiro atoms. The SMILES string of the molecule is CC1=C[C@H]2C(=CCC(C(c3ccc(C4CC=CCC4)cc3)C3CC=C4C=CC(O)=CC4C3O)C2O)C=C1. The molecule has 0 radical (unpaired) electrons. The fourth-order valence-electron chi connectivity index (χ4n) is 7.37. The maximum absolute atomic E-state index is 11.8. The second-order valence-electron chi connectivity index (χ2n) is 11.6. The predicted molar refractivity (Wildman–Crippen MR) is 149 cm³/mol. The van der Waals surface area contributed by atoms with E-state index in [1.54, 1.807) is 12.2 Å². The van der Waals surface area contributed by atoms with Crippen molar-refractivity contribution in [1.29, 1.82) is 0 Å². The van der Waals surface area contributed by atoms with Gasteiger partial charge in [0.05, 0.1) is 12.2 Å².